The van der Waals surface area contributed by atoms with Crippen LogP contribution in [0.4, 0.5) is 5.69 Å². The largest absolute Gasteiger partial charge is 0.464 e. The van der Waals surface area contributed by atoms with Gasteiger partial charge in [-0.3, -0.25) is 9.10 Å². The molecule has 0 amide bonds. The minimum absolute atomic E-state index is 0.147. The predicted molar refractivity (Wildman–Crippen MR) is 143 cm³/mol. The maximum Gasteiger partial charge on any atom is 0.326 e. The first-order chi connectivity index (χ1) is 17.7. The molecule has 37 heavy (non-hydrogen) atoms. The van der Waals surface area contributed by atoms with Gasteiger partial charge in [0.2, 0.25) is 0 Å². The third-order valence-corrected chi connectivity index (χ3v) is 7.73. The Morgan fingerprint density at radius 1 is 1.11 bits per heavy atom. The zero-order valence-corrected chi connectivity index (χ0v) is 22.1. The number of hydrogen-bond donors (Lipinski definition) is 0. The van der Waals surface area contributed by atoms with E-state index < -0.39 is 22.5 Å². The Kier molecular flexibility index (Phi) is 8.03. The normalized spacial score (nSPS) is 11.3. The Morgan fingerprint density at radius 2 is 1.86 bits per heavy atom. The van der Waals surface area contributed by atoms with Gasteiger partial charge in [-0.15, -0.1) is 0 Å². The highest BCUT2D eigenvalue weighted by atomic mass is 35.5. The molecule has 0 radical (unpaired) electrons. The molecule has 4 rings (SSSR count). The number of carbonyl (C=O) groups is 1. The van der Waals surface area contributed by atoms with Gasteiger partial charge in [0.1, 0.15) is 18.4 Å². The zero-order chi connectivity index (χ0) is 26.6. The van der Waals surface area contributed by atoms with Crippen LogP contribution >= 0.6 is 23.2 Å². The first-order valence-corrected chi connectivity index (χ1v) is 13.5. The van der Waals surface area contributed by atoms with Crippen LogP contribution in [0.1, 0.15) is 25.3 Å². The summed E-state index contributed by atoms with van der Waals surface area (Å²) in [7, 11) is -4.23. The van der Waals surface area contributed by atoms with E-state index >= 15 is 0 Å². The van der Waals surface area contributed by atoms with E-state index in [0.29, 0.717) is 23.2 Å². The van der Waals surface area contributed by atoms with Crippen LogP contribution in [0.2, 0.25) is 10.0 Å². The molecule has 0 saturated carbocycles. The maximum absolute atomic E-state index is 13.7. The Labute approximate surface area is 224 Å². The van der Waals surface area contributed by atoms with Gasteiger partial charge in [0.25, 0.3) is 10.0 Å². The van der Waals surface area contributed by atoms with E-state index in [0.717, 1.165) is 16.2 Å². The SMILES string of the molecule is CCCCOC(=O)CN(c1ccc2c(ccn2-c2ccc(C#N)cn2)c1)S(=O)(=O)c1cc(Cl)cc(Cl)c1. The van der Waals surface area contributed by atoms with Crippen LogP contribution in [0.25, 0.3) is 16.7 Å². The van der Waals surface area contributed by atoms with E-state index in [-0.39, 0.29) is 27.2 Å². The van der Waals surface area contributed by atoms with Crippen molar-refractivity contribution in [2.45, 2.75) is 24.7 Å². The van der Waals surface area contributed by atoms with Crippen molar-refractivity contribution in [1.82, 2.24) is 9.55 Å². The van der Waals surface area contributed by atoms with Crippen LogP contribution in [-0.2, 0) is 19.6 Å². The summed E-state index contributed by atoms with van der Waals surface area (Å²) in [4.78, 5) is 16.8. The van der Waals surface area contributed by atoms with Crippen molar-refractivity contribution < 1.29 is 17.9 Å². The minimum atomic E-state index is -4.23. The van der Waals surface area contributed by atoms with E-state index in [1.165, 1.54) is 24.4 Å². The fraction of sp³-hybridized carbons (Fsp3) is 0.192. The Bertz CT molecular complexity index is 1580. The molecule has 4 aromatic rings. The van der Waals surface area contributed by atoms with E-state index in [1.807, 2.05) is 17.6 Å². The molecular weight excluding hydrogens is 535 g/mol. The lowest BCUT2D eigenvalue weighted by Crippen LogP contribution is -2.36. The number of esters is 1. The van der Waals surface area contributed by atoms with Crippen LogP contribution in [0.5, 0.6) is 0 Å². The van der Waals surface area contributed by atoms with E-state index in [4.69, 9.17) is 33.2 Å². The number of nitrogens with zero attached hydrogens (tertiary/aromatic N) is 4. The van der Waals surface area contributed by atoms with Gasteiger partial charge in [-0.25, -0.2) is 13.4 Å². The summed E-state index contributed by atoms with van der Waals surface area (Å²) in [5.74, 6) is -0.0797. The third-order valence-electron chi connectivity index (χ3n) is 5.54. The quantitative estimate of drug-likeness (QED) is 0.192. The molecule has 2 aromatic heterocycles. The number of hydrogen-bond acceptors (Lipinski definition) is 6. The zero-order valence-electron chi connectivity index (χ0n) is 19.8. The fourth-order valence-electron chi connectivity index (χ4n) is 3.69. The molecule has 190 valence electrons. The number of nitriles is 1. The van der Waals surface area contributed by atoms with Gasteiger partial charge in [-0.1, -0.05) is 36.5 Å². The number of anilines is 1. The van der Waals surface area contributed by atoms with Crippen molar-refractivity contribution in [2.75, 3.05) is 17.5 Å². The summed E-state index contributed by atoms with van der Waals surface area (Å²) in [6.07, 6.45) is 4.77. The van der Waals surface area contributed by atoms with E-state index in [9.17, 15) is 13.2 Å². The summed E-state index contributed by atoms with van der Waals surface area (Å²) in [6, 6.07) is 16.2. The molecule has 0 aliphatic rings. The van der Waals surface area contributed by atoms with Crippen molar-refractivity contribution in [3.8, 4) is 11.9 Å². The molecule has 0 fully saturated rings. The molecule has 0 aliphatic heterocycles. The Hall–Kier alpha value is -3.58. The van der Waals surface area contributed by atoms with Crippen LogP contribution in [-0.4, -0.2) is 37.1 Å². The highest BCUT2D eigenvalue weighted by Gasteiger charge is 2.29. The van der Waals surface area contributed by atoms with Gasteiger partial charge in [0, 0.05) is 27.8 Å². The predicted octanol–water partition coefficient (Wildman–Crippen LogP) is 5.74. The standard InChI is InChI=1S/C26H22Cl2N4O4S/c1-2-3-10-36-26(33)17-32(37(34,35)23-13-20(27)12-21(28)14-23)22-5-6-24-19(11-22)8-9-31(24)25-7-4-18(15-29)16-30-25/h4-9,11-14,16H,2-3,10,17H2,1H3. The Morgan fingerprint density at radius 3 is 2.51 bits per heavy atom. The van der Waals surface area contributed by atoms with Crippen LogP contribution in [0, 0.1) is 11.3 Å². The summed E-state index contributed by atoms with van der Waals surface area (Å²) in [6.45, 7) is 1.63. The molecule has 0 aliphatic carbocycles. The number of carbonyl (C=O) groups excluding carboxylic acids is 1. The molecule has 8 nitrogen and oxygen atoms in total. The second kappa shape index (κ2) is 11.2. The average Bonchev–Trinajstić information content (AvgIpc) is 3.30. The second-order valence-electron chi connectivity index (χ2n) is 8.14. The number of ether oxygens (including phenoxy) is 1. The number of fused-ring (bicyclic) bond motifs is 1. The number of rotatable bonds is 9. The molecule has 0 saturated heterocycles. The number of halogens is 2. The first-order valence-electron chi connectivity index (χ1n) is 11.3. The monoisotopic (exact) mass is 556 g/mol. The lowest BCUT2D eigenvalue weighted by Gasteiger charge is -2.24. The smallest absolute Gasteiger partial charge is 0.326 e. The summed E-state index contributed by atoms with van der Waals surface area (Å²) in [5.41, 5.74) is 1.46. The van der Waals surface area contributed by atoms with E-state index in [1.54, 1.807) is 42.6 Å². The highest BCUT2D eigenvalue weighted by molar-refractivity contribution is 7.92. The van der Waals surface area contributed by atoms with Gasteiger partial charge in [0.05, 0.1) is 28.3 Å². The first kappa shape index (κ1) is 26.5. The van der Waals surface area contributed by atoms with Crippen LogP contribution < -0.4 is 4.31 Å². The molecule has 11 heteroatoms. The fourth-order valence-corrected chi connectivity index (χ4v) is 5.82. The second-order valence-corrected chi connectivity index (χ2v) is 10.9. The van der Waals surface area contributed by atoms with Gasteiger partial charge in [-0.2, -0.15) is 5.26 Å². The van der Waals surface area contributed by atoms with Gasteiger partial charge < -0.3 is 9.30 Å². The van der Waals surface area contributed by atoms with Crippen LogP contribution in [0.15, 0.2) is 71.9 Å². The number of pyridine rings is 1. The average molecular weight is 557 g/mol. The summed E-state index contributed by atoms with van der Waals surface area (Å²) in [5, 5.41) is 10.0. The lowest BCUT2D eigenvalue weighted by molar-refractivity contribution is -0.141. The van der Waals surface area contributed by atoms with Crippen molar-refractivity contribution >= 4 is 55.8 Å². The number of benzene rings is 2. The minimum Gasteiger partial charge on any atom is -0.464 e. The summed E-state index contributed by atoms with van der Waals surface area (Å²) < 4.78 is 35.4. The van der Waals surface area contributed by atoms with Crippen LogP contribution in [0.3, 0.4) is 0 Å². The number of unbranched alkanes of at least 4 members (excludes halogenated alkanes) is 1. The van der Waals surface area contributed by atoms with Gasteiger partial charge in [-0.05, 0) is 61.0 Å². The molecule has 0 bridgehead atoms. The van der Waals surface area contributed by atoms with Crippen molar-refractivity contribution in [3.05, 3.63) is 82.6 Å². The van der Waals surface area contributed by atoms with Gasteiger partial charge in [0.15, 0.2) is 0 Å². The van der Waals surface area contributed by atoms with Crippen molar-refractivity contribution in [2.24, 2.45) is 0 Å². The molecule has 2 aromatic carbocycles. The highest BCUT2D eigenvalue weighted by Crippen LogP contribution is 2.31. The number of sulfonamides is 1. The molecular formula is C26H22Cl2N4O4S. The molecule has 0 spiro atoms. The van der Waals surface area contributed by atoms with Gasteiger partial charge >= 0.3 is 5.97 Å². The summed E-state index contributed by atoms with van der Waals surface area (Å²) >= 11 is 12.1. The molecule has 0 unspecified atom stereocenters. The maximum atomic E-state index is 13.7. The van der Waals surface area contributed by atoms with Crippen molar-refractivity contribution in [1.29, 1.82) is 5.26 Å². The van der Waals surface area contributed by atoms with Crippen molar-refractivity contribution in [3.63, 3.8) is 0 Å². The molecule has 0 N–H and O–H groups in total. The lowest BCUT2D eigenvalue weighted by atomic mass is 10.2. The Balaban J connectivity index is 1.75. The van der Waals surface area contributed by atoms with E-state index in [2.05, 4.69) is 4.98 Å². The number of aromatic nitrogens is 2. The topological polar surface area (TPSA) is 105 Å². The molecule has 2 heterocycles. The molecule has 0 atom stereocenters. The third kappa shape index (κ3) is 5.88.